The molecule has 0 radical (unpaired) electrons. The molecule has 2 aromatic rings. The number of methoxy groups -OCH3 is 1. The quantitative estimate of drug-likeness (QED) is 0.646. The number of amides is 1. The average Bonchev–Trinajstić information content (AvgIpc) is 3.06. The third-order valence-corrected chi connectivity index (χ3v) is 4.78. The maximum absolute atomic E-state index is 12.2. The van der Waals surface area contributed by atoms with E-state index in [9.17, 15) is 13.2 Å². The van der Waals surface area contributed by atoms with Gasteiger partial charge in [-0.25, -0.2) is 18.1 Å². The average molecular weight is 352 g/mol. The third-order valence-electron chi connectivity index (χ3n) is 3.17. The Hall–Kier alpha value is -2.23. The molecule has 0 saturated carbocycles. The van der Waals surface area contributed by atoms with E-state index >= 15 is 0 Å². The van der Waals surface area contributed by atoms with Crippen molar-refractivity contribution in [2.75, 3.05) is 13.7 Å². The second-order valence-corrected chi connectivity index (χ2v) is 6.93. The minimum absolute atomic E-state index is 0.0908. The molecule has 8 nitrogen and oxygen atoms in total. The Morgan fingerprint density at radius 1 is 1.33 bits per heavy atom. The summed E-state index contributed by atoms with van der Waals surface area (Å²) in [5.41, 5.74) is 0.366. The normalized spacial score (nSPS) is 12.8. The van der Waals surface area contributed by atoms with Gasteiger partial charge in [0.1, 0.15) is 5.82 Å². The van der Waals surface area contributed by atoms with Gasteiger partial charge in [0.05, 0.1) is 18.0 Å². The molecule has 0 aliphatic rings. The summed E-state index contributed by atoms with van der Waals surface area (Å²) < 4.78 is 31.8. The smallest absolute Gasteiger partial charge is 0.251 e. The minimum Gasteiger partial charge on any atom is -0.383 e. The van der Waals surface area contributed by atoms with E-state index in [2.05, 4.69) is 20.0 Å². The summed E-state index contributed by atoms with van der Waals surface area (Å²) in [6, 6.07) is 5.36. The number of benzene rings is 1. The second-order valence-electron chi connectivity index (χ2n) is 5.22. The number of nitrogens with zero attached hydrogens (tertiary/aromatic N) is 1. The van der Waals surface area contributed by atoms with E-state index in [4.69, 9.17) is 4.74 Å². The summed E-state index contributed by atoms with van der Waals surface area (Å²) in [6.45, 7) is 2.24. The lowest BCUT2D eigenvalue weighted by atomic mass is 10.2. The van der Waals surface area contributed by atoms with Crippen molar-refractivity contribution in [3.8, 4) is 0 Å². The lowest BCUT2D eigenvalue weighted by Crippen LogP contribution is -2.35. The molecule has 1 heterocycles. The van der Waals surface area contributed by atoms with Gasteiger partial charge in [-0.15, -0.1) is 0 Å². The molecular formula is C15H20N4O4S. The number of imidazole rings is 1. The standard InChI is InChI=1S/C15H20N4O4S/c1-11(10-23-2)19-24(21,22)13-5-3-12(4-6-13)15(20)18-9-14-16-7-8-17-14/h3-8,11,19H,9-10H2,1-2H3,(H,16,17)(H,18,20). The van der Waals surface area contributed by atoms with Gasteiger partial charge in [-0.2, -0.15) is 0 Å². The minimum atomic E-state index is -3.65. The van der Waals surface area contributed by atoms with Crippen LogP contribution in [0.25, 0.3) is 0 Å². The van der Waals surface area contributed by atoms with Crippen LogP contribution >= 0.6 is 0 Å². The highest BCUT2D eigenvalue weighted by Crippen LogP contribution is 2.11. The van der Waals surface area contributed by atoms with Crippen LogP contribution in [0.2, 0.25) is 0 Å². The van der Waals surface area contributed by atoms with Gasteiger partial charge in [-0.3, -0.25) is 4.79 Å². The molecule has 1 amide bonds. The van der Waals surface area contributed by atoms with Crippen LogP contribution < -0.4 is 10.0 Å². The Kier molecular flexibility index (Phi) is 6.07. The van der Waals surface area contributed by atoms with Crippen molar-refractivity contribution in [2.24, 2.45) is 0 Å². The lowest BCUT2D eigenvalue weighted by molar-refractivity contribution is 0.0950. The van der Waals surface area contributed by atoms with Gasteiger partial charge >= 0.3 is 0 Å². The molecule has 1 aromatic heterocycles. The van der Waals surface area contributed by atoms with Crippen LogP contribution in [0, 0.1) is 0 Å². The molecule has 0 aliphatic carbocycles. The number of aromatic nitrogens is 2. The highest BCUT2D eigenvalue weighted by Gasteiger charge is 2.17. The van der Waals surface area contributed by atoms with Gasteiger partial charge in [0, 0.05) is 31.1 Å². The van der Waals surface area contributed by atoms with Crippen LogP contribution in [0.5, 0.6) is 0 Å². The number of nitrogens with one attached hydrogen (secondary N) is 3. The summed E-state index contributed by atoms with van der Waals surface area (Å²) in [7, 11) is -2.15. The van der Waals surface area contributed by atoms with Crippen LogP contribution in [-0.4, -0.2) is 44.1 Å². The largest absolute Gasteiger partial charge is 0.383 e. The van der Waals surface area contributed by atoms with Gasteiger partial charge in [-0.1, -0.05) is 0 Å². The molecule has 1 aromatic carbocycles. The number of sulfonamides is 1. The number of carbonyl (C=O) groups excluding carboxylic acids is 1. The van der Waals surface area contributed by atoms with E-state index in [0.717, 1.165) is 0 Å². The number of hydrogen-bond acceptors (Lipinski definition) is 5. The Labute approximate surface area is 140 Å². The maximum atomic E-state index is 12.2. The van der Waals surface area contributed by atoms with Gasteiger partial charge in [0.2, 0.25) is 10.0 Å². The fraction of sp³-hybridized carbons (Fsp3) is 0.333. The van der Waals surface area contributed by atoms with E-state index < -0.39 is 10.0 Å². The van der Waals surface area contributed by atoms with Crippen molar-refractivity contribution < 1.29 is 17.9 Å². The molecule has 9 heteroatoms. The summed E-state index contributed by atoms with van der Waals surface area (Å²) in [4.78, 5) is 19.0. The molecule has 130 valence electrons. The molecule has 2 rings (SSSR count). The first-order valence-electron chi connectivity index (χ1n) is 7.30. The molecule has 24 heavy (non-hydrogen) atoms. The summed E-state index contributed by atoms with van der Waals surface area (Å²) in [5.74, 6) is 0.329. The Balaban J connectivity index is 2.00. The first-order chi connectivity index (χ1) is 11.4. The van der Waals surface area contributed by atoms with Crippen molar-refractivity contribution in [1.29, 1.82) is 0 Å². The topological polar surface area (TPSA) is 113 Å². The maximum Gasteiger partial charge on any atom is 0.251 e. The highest BCUT2D eigenvalue weighted by atomic mass is 32.2. The van der Waals surface area contributed by atoms with Crippen LogP contribution in [0.3, 0.4) is 0 Å². The van der Waals surface area contributed by atoms with Crippen LogP contribution in [0.4, 0.5) is 0 Å². The molecule has 0 spiro atoms. The fourth-order valence-electron chi connectivity index (χ4n) is 2.06. The molecule has 3 N–H and O–H groups in total. The number of H-pyrrole nitrogens is 1. The summed E-state index contributed by atoms with van der Waals surface area (Å²) in [6.07, 6.45) is 3.26. The number of hydrogen-bond donors (Lipinski definition) is 3. The Morgan fingerprint density at radius 3 is 2.62 bits per heavy atom. The first-order valence-corrected chi connectivity index (χ1v) is 8.78. The van der Waals surface area contributed by atoms with Crippen molar-refractivity contribution in [2.45, 2.75) is 24.4 Å². The zero-order chi connectivity index (χ0) is 17.6. The van der Waals surface area contributed by atoms with Crippen molar-refractivity contribution in [3.05, 3.63) is 48.0 Å². The zero-order valence-corrected chi connectivity index (χ0v) is 14.3. The summed E-state index contributed by atoms with van der Waals surface area (Å²) in [5, 5.41) is 2.69. The van der Waals surface area contributed by atoms with Crippen molar-refractivity contribution in [3.63, 3.8) is 0 Å². The molecule has 0 bridgehead atoms. The zero-order valence-electron chi connectivity index (χ0n) is 13.4. The molecule has 0 aliphatic heterocycles. The van der Waals surface area contributed by atoms with E-state index in [1.807, 2.05) is 0 Å². The molecule has 0 saturated heterocycles. The van der Waals surface area contributed by atoms with Gasteiger partial charge in [-0.05, 0) is 31.2 Å². The number of rotatable bonds is 8. The molecule has 1 atom stereocenters. The first kappa shape index (κ1) is 18.1. The van der Waals surface area contributed by atoms with Crippen LogP contribution in [-0.2, 0) is 21.3 Å². The number of carbonyl (C=O) groups is 1. The van der Waals surface area contributed by atoms with Crippen molar-refractivity contribution in [1.82, 2.24) is 20.0 Å². The highest BCUT2D eigenvalue weighted by molar-refractivity contribution is 7.89. The van der Waals surface area contributed by atoms with Gasteiger partial charge < -0.3 is 15.0 Å². The van der Waals surface area contributed by atoms with E-state index in [1.165, 1.54) is 31.4 Å². The number of ether oxygens (including phenoxy) is 1. The fourth-order valence-corrected chi connectivity index (χ4v) is 3.29. The van der Waals surface area contributed by atoms with Crippen LogP contribution in [0.15, 0.2) is 41.6 Å². The predicted octanol–water partition coefficient (Wildman–Crippen LogP) is 0.653. The van der Waals surface area contributed by atoms with E-state index in [1.54, 1.807) is 19.3 Å². The van der Waals surface area contributed by atoms with E-state index in [0.29, 0.717) is 11.4 Å². The van der Waals surface area contributed by atoms with Gasteiger partial charge in [0.15, 0.2) is 0 Å². The molecule has 1 unspecified atom stereocenters. The predicted molar refractivity (Wildman–Crippen MR) is 87.9 cm³/mol. The third kappa shape index (κ3) is 4.88. The lowest BCUT2D eigenvalue weighted by Gasteiger charge is -2.13. The van der Waals surface area contributed by atoms with E-state index in [-0.39, 0.29) is 30.0 Å². The Bertz CT molecular complexity index is 757. The Morgan fingerprint density at radius 2 is 2.04 bits per heavy atom. The number of aromatic amines is 1. The molecular weight excluding hydrogens is 332 g/mol. The van der Waals surface area contributed by atoms with Crippen LogP contribution in [0.1, 0.15) is 23.1 Å². The summed E-state index contributed by atoms with van der Waals surface area (Å²) >= 11 is 0. The second kappa shape index (κ2) is 8.04. The van der Waals surface area contributed by atoms with Crippen molar-refractivity contribution >= 4 is 15.9 Å². The molecule has 0 fully saturated rings. The SMILES string of the molecule is COCC(C)NS(=O)(=O)c1ccc(C(=O)NCc2ncc[nH]2)cc1. The van der Waals surface area contributed by atoms with Gasteiger partial charge in [0.25, 0.3) is 5.91 Å². The monoisotopic (exact) mass is 352 g/mol.